The van der Waals surface area contributed by atoms with Crippen molar-refractivity contribution in [1.29, 1.82) is 0 Å². The van der Waals surface area contributed by atoms with Crippen LogP contribution in [0.3, 0.4) is 0 Å². The third-order valence-electron chi connectivity index (χ3n) is 2.77. The van der Waals surface area contributed by atoms with E-state index in [1.807, 2.05) is 26.8 Å². The van der Waals surface area contributed by atoms with Crippen LogP contribution in [0.15, 0.2) is 10.5 Å². The van der Waals surface area contributed by atoms with Crippen LogP contribution in [0.5, 0.6) is 0 Å². The van der Waals surface area contributed by atoms with Gasteiger partial charge in [-0.25, -0.2) is 13.1 Å². The number of furan rings is 1. The van der Waals surface area contributed by atoms with E-state index in [-0.39, 0.29) is 11.8 Å². The van der Waals surface area contributed by atoms with Crippen molar-refractivity contribution in [3.8, 4) is 0 Å². The summed E-state index contributed by atoms with van der Waals surface area (Å²) in [6, 6.07) is 1.59. The van der Waals surface area contributed by atoms with E-state index in [1.165, 1.54) is 0 Å². The molecule has 1 aromatic rings. The second-order valence-electron chi connectivity index (χ2n) is 4.52. The number of aryl methyl sites for hydroxylation is 2. The highest BCUT2D eigenvalue weighted by Crippen LogP contribution is 2.21. The molecule has 6 heteroatoms. The van der Waals surface area contributed by atoms with Crippen molar-refractivity contribution in [3.05, 3.63) is 23.2 Å². The number of nitrogens with two attached hydrogens (primary N) is 1. The standard InChI is InChI=1S/C12H22N2O3S/c1-9-8-12(11(3)17-9)10(2)14-18(15,16)7-5-4-6-13/h8,10,14H,4-7,13H2,1-3H3. The van der Waals surface area contributed by atoms with E-state index in [0.717, 1.165) is 23.5 Å². The van der Waals surface area contributed by atoms with Gasteiger partial charge in [0.05, 0.1) is 5.75 Å². The summed E-state index contributed by atoms with van der Waals surface area (Å²) in [6.07, 6.45) is 1.31. The fourth-order valence-corrected chi connectivity index (χ4v) is 3.28. The van der Waals surface area contributed by atoms with Crippen molar-refractivity contribution in [1.82, 2.24) is 4.72 Å². The lowest BCUT2D eigenvalue weighted by molar-refractivity contribution is 0.496. The van der Waals surface area contributed by atoms with E-state index >= 15 is 0 Å². The third kappa shape index (κ3) is 4.44. The van der Waals surface area contributed by atoms with Gasteiger partial charge in [-0.1, -0.05) is 0 Å². The summed E-state index contributed by atoms with van der Waals surface area (Å²) < 4.78 is 31.7. The Morgan fingerprint density at radius 3 is 2.56 bits per heavy atom. The molecule has 0 amide bonds. The zero-order valence-corrected chi connectivity index (χ0v) is 12.0. The molecule has 1 aromatic heterocycles. The number of sulfonamides is 1. The molecule has 18 heavy (non-hydrogen) atoms. The van der Waals surface area contributed by atoms with Gasteiger partial charge in [-0.2, -0.15) is 0 Å². The molecule has 0 aliphatic rings. The summed E-state index contributed by atoms with van der Waals surface area (Å²) in [5.74, 6) is 1.66. The molecule has 0 fully saturated rings. The first-order valence-electron chi connectivity index (χ1n) is 6.12. The quantitative estimate of drug-likeness (QED) is 0.740. The van der Waals surface area contributed by atoms with Crippen LogP contribution in [0.1, 0.15) is 42.9 Å². The Balaban J connectivity index is 2.64. The van der Waals surface area contributed by atoms with Gasteiger partial charge in [-0.3, -0.25) is 0 Å². The molecule has 0 bridgehead atoms. The molecule has 1 rings (SSSR count). The molecule has 1 unspecified atom stereocenters. The van der Waals surface area contributed by atoms with Crippen LogP contribution in [-0.4, -0.2) is 20.7 Å². The summed E-state index contributed by atoms with van der Waals surface area (Å²) >= 11 is 0. The Morgan fingerprint density at radius 1 is 1.39 bits per heavy atom. The first kappa shape index (κ1) is 15.2. The van der Waals surface area contributed by atoms with Gasteiger partial charge in [0.25, 0.3) is 0 Å². The van der Waals surface area contributed by atoms with Crippen molar-refractivity contribution in [2.24, 2.45) is 5.73 Å². The average Bonchev–Trinajstić information content (AvgIpc) is 2.57. The van der Waals surface area contributed by atoms with Crippen LogP contribution in [0.2, 0.25) is 0 Å². The molecular weight excluding hydrogens is 252 g/mol. The van der Waals surface area contributed by atoms with E-state index < -0.39 is 10.0 Å². The Bertz CT molecular complexity index is 480. The lowest BCUT2D eigenvalue weighted by Gasteiger charge is -2.13. The van der Waals surface area contributed by atoms with Gasteiger partial charge in [0.2, 0.25) is 10.0 Å². The highest BCUT2D eigenvalue weighted by Gasteiger charge is 2.18. The normalized spacial score (nSPS) is 13.8. The molecule has 1 heterocycles. The third-order valence-corrected chi connectivity index (χ3v) is 4.31. The largest absolute Gasteiger partial charge is 0.466 e. The highest BCUT2D eigenvalue weighted by atomic mass is 32.2. The van der Waals surface area contributed by atoms with Crippen LogP contribution >= 0.6 is 0 Å². The summed E-state index contributed by atoms with van der Waals surface area (Å²) in [5.41, 5.74) is 6.23. The summed E-state index contributed by atoms with van der Waals surface area (Å²) in [6.45, 7) is 6.02. The van der Waals surface area contributed by atoms with Crippen LogP contribution in [-0.2, 0) is 10.0 Å². The van der Waals surface area contributed by atoms with E-state index in [2.05, 4.69) is 4.72 Å². The summed E-state index contributed by atoms with van der Waals surface area (Å²) in [4.78, 5) is 0. The number of nitrogens with one attached hydrogen (secondary N) is 1. The van der Waals surface area contributed by atoms with Crippen LogP contribution < -0.4 is 10.5 Å². The monoisotopic (exact) mass is 274 g/mol. The fraction of sp³-hybridized carbons (Fsp3) is 0.667. The van der Waals surface area contributed by atoms with E-state index in [4.69, 9.17) is 10.2 Å². The number of unbranched alkanes of at least 4 members (excludes halogenated alkanes) is 1. The van der Waals surface area contributed by atoms with Gasteiger partial charge in [-0.15, -0.1) is 0 Å². The van der Waals surface area contributed by atoms with Gasteiger partial charge in [0, 0.05) is 11.6 Å². The minimum Gasteiger partial charge on any atom is -0.466 e. The van der Waals surface area contributed by atoms with Gasteiger partial charge < -0.3 is 10.2 Å². The topological polar surface area (TPSA) is 85.3 Å². The molecule has 3 N–H and O–H groups in total. The van der Waals surface area contributed by atoms with E-state index in [9.17, 15) is 8.42 Å². The highest BCUT2D eigenvalue weighted by molar-refractivity contribution is 7.89. The molecule has 0 spiro atoms. The van der Waals surface area contributed by atoms with Gasteiger partial charge in [0.15, 0.2) is 0 Å². The number of hydrogen-bond acceptors (Lipinski definition) is 4. The molecule has 0 aromatic carbocycles. The maximum absolute atomic E-state index is 11.8. The molecular formula is C12H22N2O3S. The van der Waals surface area contributed by atoms with E-state index in [0.29, 0.717) is 13.0 Å². The van der Waals surface area contributed by atoms with Gasteiger partial charge in [-0.05, 0) is 46.2 Å². The van der Waals surface area contributed by atoms with Crippen LogP contribution in [0.4, 0.5) is 0 Å². The SMILES string of the molecule is Cc1cc(C(C)NS(=O)(=O)CCCCN)c(C)o1. The van der Waals surface area contributed by atoms with Crippen molar-refractivity contribution >= 4 is 10.0 Å². The Kier molecular flexibility index (Phi) is 5.37. The lowest BCUT2D eigenvalue weighted by Crippen LogP contribution is -2.29. The van der Waals surface area contributed by atoms with Crippen molar-refractivity contribution in [2.45, 2.75) is 39.7 Å². The Morgan fingerprint density at radius 2 is 2.06 bits per heavy atom. The molecule has 0 saturated heterocycles. The van der Waals surface area contributed by atoms with Crippen LogP contribution in [0, 0.1) is 13.8 Å². The number of hydrogen-bond donors (Lipinski definition) is 2. The molecule has 1 atom stereocenters. The predicted molar refractivity (Wildman–Crippen MR) is 71.8 cm³/mol. The summed E-state index contributed by atoms with van der Waals surface area (Å²) in [5, 5.41) is 0. The summed E-state index contributed by atoms with van der Waals surface area (Å²) in [7, 11) is -3.26. The van der Waals surface area contributed by atoms with Gasteiger partial charge >= 0.3 is 0 Å². The second-order valence-corrected chi connectivity index (χ2v) is 6.40. The van der Waals surface area contributed by atoms with Crippen molar-refractivity contribution in [3.63, 3.8) is 0 Å². The lowest BCUT2D eigenvalue weighted by atomic mass is 10.1. The van der Waals surface area contributed by atoms with Crippen LogP contribution in [0.25, 0.3) is 0 Å². The Labute approximate surface area is 109 Å². The first-order valence-corrected chi connectivity index (χ1v) is 7.78. The molecule has 0 aliphatic heterocycles. The molecule has 0 radical (unpaired) electrons. The average molecular weight is 274 g/mol. The Hall–Kier alpha value is -0.850. The zero-order chi connectivity index (χ0) is 13.8. The molecule has 0 aliphatic carbocycles. The maximum Gasteiger partial charge on any atom is 0.212 e. The maximum atomic E-state index is 11.8. The smallest absolute Gasteiger partial charge is 0.212 e. The zero-order valence-electron chi connectivity index (χ0n) is 11.2. The minimum atomic E-state index is -3.26. The van der Waals surface area contributed by atoms with Gasteiger partial charge in [0.1, 0.15) is 11.5 Å². The van der Waals surface area contributed by atoms with E-state index in [1.54, 1.807) is 0 Å². The minimum absolute atomic E-state index is 0.115. The molecule has 5 nitrogen and oxygen atoms in total. The van der Waals surface area contributed by atoms with Crippen molar-refractivity contribution < 1.29 is 12.8 Å². The molecule has 0 saturated carbocycles. The predicted octanol–water partition coefficient (Wildman–Crippen LogP) is 1.62. The first-order chi connectivity index (χ1) is 8.35. The van der Waals surface area contributed by atoms with Crippen molar-refractivity contribution in [2.75, 3.05) is 12.3 Å². The molecule has 104 valence electrons. The second kappa shape index (κ2) is 6.36. The fourth-order valence-electron chi connectivity index (χ4n) is 1.91. The number of rotatable bonds is 7.